The first-order valence-electron chi connectivity index (χ1n) is 5.60. The largest absolute Gasteiger partial charge is 0.293 e. The molecule has 2 rings (SSSR count). The maximum absolute atomic E-state index is 11.8. The predicted octanol–water partition coefficient (Wildman–Crippen LogP) is 5.16. The topological polar surface area (TPSA) is 17.1 Å². The maximum atomic E-state index is 11.8. The van der Waals surface area contributed by atoms with Crippen molar-refractivity contribution in [3.63, 3.8) is 0 Å². The molecular formula is C14H13BrOS. The van der Waals surface area contributed by atoms with Crippen LogP contribution >= 0.6 is 27.3 Å². The number of hydrogen-bond acceptors (Lipinski definition) is 2. The smallest absolute Gasteiger partial charge is 0.172 e. The number of rotatable bonds is 4. The van der Waals surface area contributed by atoms with Gasteiger partial charge in [-0.1, -0.05) is 41.1 Å². The van der Waals surface area contributed by atoms with E-state index in [0.717, 1.165) is 26.2 Å². The van der Waals surface area contributed by atoms with Crippen LogP contribution in [0.2, 0.25) is 0 Å². The minimum atomic E-state index is 0.246. The molecule has 0 saturated carbocycles. The van der Waals surface area contributed by atoms with Gasteiger partial charge in [-0.25, -0.2) is 0 Å². The van der Waals surface area contributed by atoms with E-state index in [1.54, 1.807) is 11.3 Å². The zero-order chi connectivity index (χ0) is 12.3. The van der Waals surface area contributed by atoms with Gasteiger partial charge in [0, 0.05) is 21.3 Å². The Morgan fingerprint density at radius 1 is 1.24 bits per heavy atom. The Kier molecular flexibility index (Phi) is 4.13. The molecule has 1 aromatic carbocycles. The first-order valence-corrected chi connectivity index (χ1v) is 7.21. The van der Waals surface area contributed by atoms with Crippen molar-refractivity contribution in [3.8, 4) is 10.4 Å². The maximum Gasteiger partial charge on any atom is 0.172 e. The van der Waals surface area contributed by atoms with E-state index in [1.165, 1.54) is 0 Å². The van der Waals surface area contributed by atoms with E-state index in [9.17, 15) is 4.79 Å². The second kappa shape index (κ2) is 5.61. The van der Waals surface area contributed by atoms with Gasteiger partial charge in [0.25, 0.3) is 0 Å². The van der Waals surface area contributed by atoms with Gasteiger partial charge < -0.3 is 0 Å². The number of carbonyl (C=O) groups is 1. The minimum Gasteiger partial charge on any atom is -0.293 e. The van der Waals surface area contributed by atoms with Crippen LogP contribution in [0.4, 0.5) is 0 Å². The van der Waals surface area contributed by atoms with E-state index in [2.05, 4.69) is 22.0 Å². The fraction of sp³-hybridized carbons (Fsp3) is 0.214. The normalized spacial score (nSPS) is 10.5. The molecule has 3 heteroatoms. The molecule has 0 aliphatic rings. The van der Waals surface area contributed by atoms with Crippen molar-refractivity contribution in [1.82, 2.24) is 0 Å². The Morgan fingerprint density at radius 2 is 2.00 bits per heavy atom. The fourth-order valence-corrected chi connectivity index (χ4v) is 3.29. The Labute approximate surface area is 114 Å². The van der Waals surface area contributed by atoms with Gasteiger partial charge in [0.05, 0.1) is 4.88 Å². The summed E-state index contributed by atoms with van der Waals surface area (Å²) in [5.74, 6) is 0.246. The van der Waals surface area contributed by atoms with Crippen molar-refractivity contribution < 1.29 is 4.79 Å². The summed E-state index contributed by atoms with van der Waals surface area (Å²) in [7, 11) is 0. The van der Waals surface area contributed by atoms with Crippen LogP contribution < -0.4 is 0 Å². The lowest BCUT2D eigenvalue weighted by molar-refractivity contribution is 0.0985. The summed E-state index contributed by atoms with van der Waals surface area (Å²) < 4.78 is 1.07. The highest BCUT2D eigenvalue weighted by Gasteiger charge is 2.10. The summed E-state index contributed by atoms with van der Waals surface area (Å²) in [5, 5.41) is 0. The summed E-state index contributed by atoms with van der Waals surface area (Å²) in [6, 6.07) is 12.0. The molecule has 1 heterocycles. The third-order valence-corrected chi connectivity index (χ3v) is 4.35. The molecule has 0 amide bonds. The average Bonchev–Trinajstić information content (AvgIpc) is 2.79. The first kappa shape index (κ1) is 12.5. The van der Waals surface area contributed by atoms with Gasteiger partial charge in [0.1, 0.15) is 0 Å². The number of Topliss-reactive ketones (excluding diaryl/α,β-unsaturated/α-hetero) is 1. The number of halogens is 1. The van der Waals surface area contributed by atoms with Crippen molar-refractivity contribution >= 4 is 33.0 Å². The minimum absolute atomic E-state index is 0.246. The molecule has 0 atom stereocenters. The molecule has 0 N–H and O–H groups in total. The molecule has 0 saturated heterocycles. The van der Waals surface area contributed by atoms with Crippen molar-refractivity contribution in [3.05, 3.63) is 45.7 Å². The highest BCUT2D eigenvalue weighted by Crippen LogP contribution is 2.33. The first-order chi connectivity index (χ1) is 8.22. The zero-order valence-electron chi connectivity index (χ0n) is 9.57. The molecule has 1 nitrogen and oxygen atoms in total. The molecule has 1 aromatic heterocycles. The molecule has 0 bridgehead atoms. The summed E-state index contributed by atoms with van der Waals surface area (Å²) in [5.41, 5.74) is 1.15. The van der Waals surface area contributed by atoms with Gasteiger partial charge in [-0.3, -0.25) is 4.79 Å². The number of carbonyl (C=O) groups excluding carboxylic acids is 1. The van der Waals surface area contributed by atoms with Gasteiger partial charge in [0.2, 0.25) is 0 Å². The molecule has 0 fully saturated rings. The summed E-state index contributed by atoms with van der Waals surface area (Å²) in [6.07, 6.45) is 1.54. The van der Waals surface area contributed by atoms with Gasteiger partial charge in [-0.05, 0) is 24.6 Å². The van der Waals surface area contributed by atoms with Crippen LogP contribution in [-0.4, -0.2) is 5.78 Å². The van der Waals surface area contributed by atoms with E-state index in [4.69, 9.17) is 0 Å². The lowest BCUT2D eigenvalue weighted by Crippen LogP contribution is -1.93. The average molecular weight is 309 g/mol. The number of hydrogen-bond donors (Lipinski definition) is 0. The van der Waals surface area contributed by atoms with Crippen LogP contribution in [0.5, 0.6) is 0 Å². The molecule has 17 heavy (non-hydrogen) atoms. The fourth-order valence-electron chi connectivity index (χ4n) is 1.64. The second-order valence-corrected chi connectivity index (χ2v) is 5.76. The van der Waals surface area contributed by atoms with Crippen LogP contribution in [0.3, 0.4) is 0 Å². The van der Waals surface area contributed by atoms with Crippen molar-refractivity contribution in [2.24, 2.45) is 0 Å². The Morgan fingerprint density at radius 3 is 2.71 bits per heavy atom. The van der Waals surface area contributed by atoms with Gasteiger partial charge in [-0.15, -0.1) is 11.3 Å². The Hall–Kier alpha value is -0.930. The molecule has 0 radical (unpaired) electrons. The monoisotopic (exact) mass is 308 g/mol. The second-order valence-electron chi connectivity index (χ2n) is 3.82. The third-order valence-electron chi connectivity index (χ3n) is 2.50. The van der Waals surface area contributed by atoms with E-state index < -0.39 is 0 Å². The zero-order valence-corrected chi connectivity index (χ0v) is 12.0. The number of thiophene rings is 1. The summed E-state index contributed by atoms with van der Waals surface area (Å²) >= 11 is 5.10. The van der Waals surface area contributed by atoms with Gasteiger partial charge in [-0.2, -0.15) is 0 Å². The van der Waals surface area contributed by atoms with E-state index >= 15 is 0 Å². The molecule has 0 spiro atoms. The predicted molar refractivity (Wildman–Crippen MR) is 76.7 cm³/mol. The van der Waals surface area contributed by atoms with Crippen LogP contribution in [0.15, 0.2) is 40.9 Å². The quantitative estimate of drug-likeness (QED) is 0.713. The lowest BCUT2D eigenvalue weighted by atomic mass is 10.2. The number of benzene rings is 1. The van der Waals surface area contributed by atoms with Crippen LogP contribution in [0, 0.1) is 0 Å². The van der Waals surface area contributed by atoms with Gasteiger partial charge >= 0.3 is 0 Å². The van der Waals surface area contributed by atoms with E-state index in [1.807, 2.05) is 37.3 Å². The molecule has 0 aliphatic heterocycles. The molecule has 2 aromatic rings. The molecular weight excluding hydrogens is 296 g/mol. The van der Waals surface area contributed by atoms with E-state index in [0.29, 0.717) is 6.42 Å². The molecule has 88 valence electrons. The molecule has 0 aliphatic carbocycles. The van der Waals surface area contributed by atoms with E-state index in [-0.39, 0.29) is 5.78 Å². The highest BCUT2D eigenvalue weighted by molar-refractivity contribution is 9.10. The molecule has 0 unspecified atom stereocenters. The van der Waals surface area contributed by atoms with Crippen molar-refractivity contribution in [1.29, 1.82) is 0 Å². The summed E-state index contributed by atoms with van der Waals surface area (Å²) in [4.78, 5) is 13.8. The number of ketones is 1. The van der Waals surface area contributed by atoms with Crippen LogP contribution in [0.1, 0.15) is 29.4 Å². The standard InChI is InChI=1S/C14H13BrOS/c1-2-5-12(16)14-9-8-13(17-14)10-6-3-4-7-11(10)15/h3-4,6-9H,2,5H2,1H3. The van der Waals surface area contributed by atoms with Crippen molar-refractivity contribution in [2.45, 2.75) is 19.8 Å². The summed E-state index contributed by atoms with van der Waals surface area (Å²) in [6.45, 7) is 2.03. The Bertz CT molecular complexity index is 531. The van der Waals surface area contributed by atoms with Crippen LogP contribution in [-0.2, 0) is 0 Å². The highest BCUT2D eigenvalue weighted by atomic mass is 79.9. The third kappa shape index (κ3) is 2.85. The van der Waals surface area contributed by atoms with Gasteiger partial charge in [0.15, 0.2) is 5.78 Å². The lowest BCUT2D eigenvalue weighted by Gasteiger charge is -1.99. The Balaban J connectivity index is 2.30. The SMILES string of the molecule is CCCC(=O)c1ccc(-c2ccccc2Br)s1. The van der Waals surface area contributed by atoms with Crippen LogP contribution in [0.25, 0.3) is 10.4 Å². The van der Waals surface area contributed by atoms with Crippen molar-refractivity contribution in [2.75, 3.05) is 0 Å².